The number of hydrogen-bond acceptors (Lipinski definition) is 2. The van der Waals surface area contributed by atoms with Crippen LogP contribution in [0.2, 0.25) is 0 Å². The highest BCUT2D eigenvalue weighted by atomic mass is 16.2. The molecule has 0 bridgehead atoms. The zero-order valence-electron chi connectivity index (χ0n) is 15.9. The molecular formula is C23H28N2O2. The van der Waals surface area contributed by atoms with Crippen molar-refractivity contribution >= 4 is 17.5 Å². The van der Waals surface area contributed by atoms with Gasteiger partial charge in [0.25, 0.3) is 0 Å². The second-order valence-corrected chi connectivity index (χ2v) is 7.41. The topological polar surface area (TPSA) is 58.2 Å². The normalized spacial score (nSPS) is 15.7. The van der Waals surface area contributed by atoms with Crippen LogP contribution in [0, 0.1) is 5.92 Å². The van der Waals surface area contributed by atoms with Crippen LogP contribution in [0.1, 0.15) is 56.2 Å². The van der Waals surface area contributed by atoms with E-state index in [2.05, 4.69) is 22.8 Å². The van der Waals surface area contributed by atoms with Crippen LogP contribution in [-0.2, 0) is 16.0 Å². The quantitative estimate of drug-likeness (QED) is 0.785. The summed E-state index contributed by atoms with van der Waals surface area (Å²) >= 11 is 0. The molecule has 2 aromatic rings. The van der Waals surface area contributed by atoms with Gasteiger partial charge in [0.15, 0.2) is 0 Å². The molecule has 3 rings (SSSR count). The second kappa shape index (κ2) is 9.36. The Hall–Kier alpha value is -2.62. The fourth-order valence-electron chi connectivity index (χ4n) is 3.92. The van der Waals surface area contributed by atoms with Gasteiger partial charge in [0.1, 0.15) is 0 Å². The fraction of sp³-hybridized carbons (Fsp3) is 0.391. The van der Waals surface area contributed by atoms with Crippen molar-refractivity contribution in [2.45, 2.75) is 51.5 Å². The summed E-state index contributed by atoms with van der Waals surface area (Å²) in [5, 5.41) is 6.03. The minimum Gasteiger partial charge on any atom is -0.349 e. The molecular weight excluding hydrogens is 336 g/mol. The molecule has 27 heavy (non-hydrogen) atoms. The van der Waals surface area contributed by atoms with Gasteiger partial charge in [-0.2, -0.15) is 0 Å². The maximum absolute atomic E-state index is 12.7. The summed E-state index contributed by atoms with van der Waals surface area (Å²) in [5.41, 5.74) is 2.88. The zero-order valence-corrected chi connectivity index (χ0v) is 15.9. The Labute approximate surface area is 161 Å². The van der Waals surface area contributed by atoms with Gasteiger partial charge >= 0.3 is 0 Å². The van der Waals surface area contributed by atoms with Crippen LogP contribution < -0.4 is 10.6 Å². The van der Waals surface area contributed by atoms with Gasteiger partial charge in [-0.05, 0) is 42.0 Å². The van der Waals surface area contributed by atoms with Crippen molar-refractivity contribution in [3.63, 3.8) is 0 Å². The molecule has 1 aliphatic carbocycles. The molecule has 0 aromatic heterocycles. The lowest BCUT2D eigenvalue weighted by Gasteiger charge is -2.31. The van der Waals surface area contributed by atoms with E-state index in [1.165, 1.54) is 44.6 Å². The van der Waals surface area contributed by atoms with Crippen molar-refractivity contribution in [3.8, 4) is 0 Å². The lowest BCUT2D eigenvalue weighted by atomic mass is 9.81. The highest BCUT2D eigenvalue weighted by Crippen LogP contribution is 2.34. The maximum atomic E-state index is 12.7. The van der Waals surface area contributed by atoms with E-state index >= 15 is 0 Å². The number of hydrogen-bond donors (Lipinski definition) is 2. The first-order valence-electron chi connectivity index (χ1n) is 9.82. The second-order valence-electron chi connectivity index (χ2n) is 7.41. The van der Waals surface area contributed by atoms with Gasteiger partial charge in [0.2, 0.25) is 11.8 Å². The van der Waals surface area contributed by atoms with E-state index in [-0.39, 0.29) is 17.9 Å². The summed E-state index contributed by atoms with van der Waals surface area (Å²) in [7, 11) is 0. The Morgan fingerprint density at radius 2 is 1.63 bits per heavy atom. The standard InChI is InChI=1S/C23H28N2O2/c1-17(26)24-21-14-12-18(13-15-21)16-22(27)25-23(19-8-4-2-5-9-19)20-10-6-3-7-11-20/h2,4-5,8-9,12-15,20,23H,3,6-7,10-11,16H2,1H3,(H,24,26)(H,25,27)/t23-/m0/s1. The lowest BCUT2D eigenvalue weighted by Crippen LogP contribution is -2.35. The van der Waals surface area contributed by atoms with Crippen molar-refractivity contribution in [2.24, 2.45) is 5.92 Å². The van der Waals surface area contributed by atoms with Crippen molar-refractivity contribution in [1.29, 1.82) is 0 Å². The van der Waals surface area contributed by atoms with E-state index in [0.717, 1.165) is 11.3 Å². The first-order chi connectivity index (χ1) is 13.1. The molecule has 1 atom stereocenters. The molecule has 0 heterocycles. The monoisotopic (exact) mass is 364 g/mol. The lowest BCUT2D eigenvalue weighted by molar-refractivity contribution is -0.121. The zero-order chi connectivity index (χ0) is 19.1. The van der Waals surface area contributed by atoms with Crippen LogP contribution >= 0.6 is 0 Å². The average molecular weight is 364 g/mol. The molecule has 2 N–H and O–H groups in total. The van der Waals surface area contributed by atoms with Crippen LogP contribution in [0.4, 0.5) is 5.69 Å². The smallest absolute Gasteiger partial charge is 0.224 e. The molecule has 2 amide bonds. The first kappa shape index (κ1) is 19.2. The Bertz CT molecular complexity index is 750. The van der Waals surface area contributed by atoms with Gasteiger partial charge in [-0.25, -0.2) is 0 Å². The molecule has 0 unspecified atom stereocenters. The molecule has 0 aliphatic heterocycles. The minimum atomic E-state index is -0.0984. The molecule has 0 radical (unpaired) electrons. The highest BCUT2D eigenvalue weighted by molar-refractivity contribution is 5.88. The number of amides is 2. The van der Waals surface area contributed by atoms with Gasteiger partial charge in [-0.3, -0.25) is 9.59 Å². The molecule has 4 nitrogen and oxygen atoms in total. The fourth-order valence-corrected chi connectivity index (χ4v) is 3.92. The van der Waals surface area contributed by atoms with Crippen LogP contribution in [0.15, 0.2) is 54.6 Å². The summed E-state index contributed by atoms with van der Waals surface area (Å²) < 4.78 is 0. The Morgan fingerprint density at radius 1 is 0.963 bits per heavy atom. The Balaban J connectivity index is 1.66. The van der Waals surface area contributed by atoms with E-state index in [1.54, 1.807) is 0 Å². The molecule has 2 aromatic carbocycles. The number of carbonyl (C=O) groups is 2. The number of benzene rings is 2. The Morgan fingerprint density at radius 3 is 2.26 bits per heavy atom. The molecule has 4 heteroatoms. The third-order valence-electron chi connectivity index (χ3n) is 5.24. The average Bonchev–Trinajstić information content (AvgIpc) is 2.69. The van der Waals surface area contributed by atoms with Gasteiger partial charge in [0.05, 0.1) is 12.5 Å². The minimum absolute atomic E-state index is 0.0432. The predicted octanol–water partition coefficient (Wildman–Crippen LogP) is 4.63. The van der Waals surface area contributed by atoms with Crippen molar-refractivity contribution in [2.75, 3.05) is 5.32 Å². The largest absolute Gasteiger partial charge is 0.349 e. The molecule has 142 valence electrons. The van der Waals surface area contributed by atoms with Crippen molar-refractivity contribution in [3.05, 3.63) is 65.7 Å². The Kier molecular flexibility index (Phi) is 6.64. The van der Waals surface area contributed by atoms with Crippen LogP contribution in [0.5, 0.6) is 0 Å². The maximum Gasteiger partial charge on any atom is 0.224 e. The molecule has 1 aliphatic rings. The molecule has 1 fully saturated rings. The number of carbonyl (C=O) groups excluding carboxylic acids is 2. The van der Waals surface area contributed by atoms with Crippen LogP contribution in [0.3, 0.4) is 0 Å². The van der Waals surface area contributed by atoms with E-state index in [4.69, 9.17) is 0 Å². The van der Waals surface area contributed by atoms with E-state index < -0.39 is 0 Å². The van der Waals surface area contributed by atoms with Gasteiger partial charge < -0.3 is 10.6 Å². The van der Waals surface area contributed by atoms with Crippen LogP contribution in [0.25, 0.3) is 0 Å². The van der Waals surface area contributed by atoms with E-state index in [0.29, 0.717) is 12.3 Å². The summed E-state index contributed by atoms with van der Waals surface area (Å²) in [6, 6.07) is 17.9. The van der Waals surface area contributed by atoms with Crippen molar-refractivity contribution < 1.29 is 9.59 Å². The van der Waals surface area contributed by atoms with Gasteiger partial charge in [-0.1, -0.05) is 61.7 Å². The third kappa shape index (κ3) is 5.68. The first-order valence-corrected chi connectivity index (χ1v) is 9.82. The van der Waals surface area contributed by atoms with Crippen molar-refractivity contribution in [1.82, 2.24) is 5.32 Å². The molecule has 0 saturated heterocycles. The molecule has 0 spiro atoms. The summed E-state index contributed by atoms with van der Waals surface area (Å²) in [6.07, 6.45) is 6.47. The number of anilines is 1. The summed E-state index contributed by atoms with van der Waals surface area (Å²) in [4.78, 5) is 23.8. The van der Waals surface area contributed by atoms with E-state index in [9.17, 15) is 9.59 Å². The van der Waals surface area contributed by atoms with Crippen LogP contribution in [-0.4, -0.2) is 11.8 Å². The summed E-state index contributed by atoms with van der Waals surface area (Å²) in [6.45, 7) is 1.48. The SMILES string of the molecule is CC(=O)Nc1ccc(CC(=O)N[C@@H](c2ccccc2)C2CCCCC2)cc1. The van der Waals surface area contributed by atoms with Gasteiger partial charge in [-0.15, -0.1) is 0 Å². The number of rotatable bonds is 6. The van der Waals surface area contributed by atoms with E-state index in [1.807, 2.05) is 42.5 Å². The third-order valence-corrected chi connectivity index (χ3v) is 5.24. The predicted molar refractivity (Wildman–Crippen MR) is 108 cm³/mol. The highest BCUT2D eigenvalue weighted by Gasteiger charge is 2.26. The molecule has 1 saturated carbocycles. The van der Waals surface area contributed by atoms with Gasteiger partial charge in [0, 0.05) is 12.6 Å². The summed E-state index contributed by atoms with van der Waals surface area (Å²) in [5.74, 6) is 0.452. The number of nitrogens with one attached hydrogen (secondary N) is 2.